The summed E-state index contributed by atoms with van der Waals surface area (Å²) in [7, 11) is 0. The highest BCUT2D eigenvalue weighted by molar-refractivity contribution is 5.92. The van der Waals surface area contributed by atoms with Crippen molar-refractivity contribution in [2.24, 2.45) is 10.7 Å². The van der Waals surface area contributed by atoms with E-state index in [1.807, 2.05) is 0 Å². The van der Waals surface area contributed by atoms with Gasteiger partial charge in [-0.3, -0.25) is 4.99 Å². The van der Waals surface area contributed by atoms with Gasteiger partial charge in [0.05, 0.1) is 5.69 Å². The number of anilines is 1. The second-order valence-electron chi connectivity index (χ2n) is 3.46. The average molecular weight is 231 g/mol. The van der Waals surface area contributed by atoms with Gasteiger partial charge in [0.2, 0.25) is 0 Å². The van der Waals surface area contributed by atoms with Crippen LogP contribution in [0.25, 0.3) is 0 Å². The van der Waals surface area contributed by atoms with Crippen LogP contribution in [-0.2, 0) is 0 Å². The van der Waals surface area contributed by atoms with Crippen LogP contribution >= 0.6 is 0 Å². The second-order valence-corrected chi connectivity index (χ2v) is 3.46. The highest BCUT2D eigenvalue weighted by Gasteiger charge is 2.13. The molecule has 0 saturated carbocycles. The van der Waals surface area contributed by atoms with Crippen molar-refractivity contribution in [3.8, 4) is 0 Å². The van der Waals surface area contributed by atoms with Crippen molar-refractivity contribution in [2.75, 3.05) is 5.32 Å². The van der Waals surface area contributed by atoms with Crippen molar-refractivity contribution in [1.82, 2.24) is 0 Å². The minimum absolute atomic E-state index is 0.0556. The zero-order valence-corrected chi connectivity index (χ0v) is 8.89. The zero-order valence-electron chi connectivity index (χ0n) is 8.89. The number of benzene rings is 1. The van der Waals surface area contributed by atoms with E-state index in [1.165, 1.54) is 0 Å². The van der Waals surface area contributed by atoms with Gasteiger partial charge in [-0.2, -0.15) is 0 Å². The minimum atomic E-state index is -1.54. The molecular weight excluding hydrogens is 219 g/mol. The molecule has 3 N–H and O–H groups in total. The molecule has 0 bridgehead atoms. The number of nitrogens with two attached hydrogens (primary N) is 1. The molecule has 1 aromatic rings. The summed E-state index contributed by atoms with van der Waals surface area (Å²) in [5, 5.41) is 2.36. The maximum Gasteiger partial charge on any atom is 0.196 e. The Morgan fingerprint density at radius 3 is 2.44 bits per heavy atom. The van der Waals surface area contributed by atoms with Gasteiger partial charge in [0, 0.05) is 6.04 Å². The maximum atomic E-state index is 13.2. The van der Waals surface area contributed by atoms with Crippen molar-refractivity contribution in [3.05, 3.63) is 29.6 Å². The van der Waals surface area contributed by atoms with E-state index in [-0.39, 0.29) is 17.7 Å². The van der Waals surface area contributed by atoms with Crippen LogP contribution in [0.2, 0.25) is 0 Å². The topological polar surface area (TPSA) is 50.4 Å². The standard InChI is InChI=1S/C10H12F3N3/c1-5(2)15-10(14)16-7-4-3-6(11)8(12)9(7)13/h3-5H,1-2H3,(H3,14,15,16). The van der Waals surface area contributed by atoms with Crippen LogP contribution in [0.3, 0.4) is 0 Å². The van der Waals surface area contributed by atoms with Crippen molar-refractivity contribution in [2.45, 2.75) is 19.9 Å². The van der Waals surface area contributed by atoms with Crippen LogP contribution < -0.4 is 11.1 Å². The summed E-state index contributed by atoms with van der Waals surface area (Å²) in [6.07, 6.45) is 0. The van der Waals surface area contributed by atoms with Gasteiger partial charge < -0.3 is 11.1 Å². The third kappa shape index (κ3) is 2.88. The molecule has 0 saturated heterocycles. The van der Waals surface area contributed by atoms with Gasteiger partial charge in [-0.15, -0.1) is 0 Å². The molecular formula is C10H12F3N3. The number of rotatable bonds is 2. The SMILES string of the molecule is CC(C)N=C(N)Nc1ccc(F)c(F)c1F. The summed E-state index contributed by atoms with van der Waals surface area (Å²) in [4.78, 5) is 3.87. The zero-order chi connectivity index (χ0) is 12.3. The van der Waals surface area contributed by atoms with E-state index in [0.717, 1.165) is 12.1 Å². The van der Waals surface area contributed by atoms with E-state index in [0.29, 0.717) is 0 Å². The molecule has 0 amide bonds. The summed E-state index contributed by atoms with van der Waals surface area (Å²) in [6, 6.07) is 1.78. The molecule has 88 valence electrons. The summed E-state index contributed by atoms with van der Waals surface area (Å²) in [5.41, 5.74) is 5.17. The quantitative estimate of drug-likeness (QED) is 0.466. The van der Waals surface area contributed by atoms with Gasteiger partial charge in [0.25, 0.3) is 0 Å². The lowest BCUT2D eigenvalue weighted by atomic mass is 10.3. The number of nitrogens with one attached hydrogen (secondary N) is 1. The predicted octanol–water partition coefficient (Wildman–Crippen LogP) is 2.24. The number of hydrogen-bond acceptors (Lipinski definition) is 1. The Bertz CT molecular complexity index is 416. The first-order valence-electron chi connectivity index (χ1n) is 4.65. The van der Waals surface area contributed by atoms with E-state index in [4.69, 9.17) is 5.73 Å². The number of aliphatic imine (C=N–C) groups is 1. The molecule has 0 radical (unpaired) electrons. The molecule has 0 aliphatic rings. The minimum Gasteiger partial charge on any atom is -0.370 e. The van der Waals surface area contributed by atoms with E-state index in [2.05, 4.69) is 10.3 Å². The van der Waals surface area contributed by atoms with Crippen molar-refractivity contribution in [3.63, 3.8) is 0 Å². The molecule has 1 aromatic carbocycles. The Morgan fingerprint density at radius 2 is 1.88 bits per heavy atom. The molecule has 1 rings (SSSR count). The summed E-state index contributed by atoms with van der Waals surface area (Å²) in [5.74, 6) is -4.16. The molecule has 0 aliphatic carbocycles. The molecule has 0 atom stereocenters. The molecule has 0 fully saturated rings. The highest BCUT2D eigenvalue weighted by atomic mass is 19.2. The van der Waals surface area contributed by atoms with E-state index >= 15 is 0 Å². The lowest BCUT2D eigenvalue weighted by molar-refractivity contribution is 0.449. The van der Waals surface area contributed by atoms with Crippen LogP contribution in [-0.4, -0.2) is 12.0 Å². The van der Waals surface area contributed by atoms with Gasteiger partial charge in [0.15, 0.2) is 23.4 Å². The Hall–Kier alpha value is -1.72. The fourth-order valence-corrected chi connectivity index (χ4v) is 1.07. The first-order chi connectivity index (χ1) is 7.41. The monoisotopic (exact) mass is 231 g/mol. The molecule has 0 heterocycles. The second kappa shape index (κ2) is 4.87. The van der Waals surface area contributed by atoms with Crippen LogP contribution in [0.15, 0.2) is 17.1 Å². The predicted molar refractivity (Wildman–Crippen MR) is 56.7 cm³/mol. The van der Waals surface area contributed by atoms with Crippen LogP contribution in [0.1, 0.15) is 13.8 Å². The Morgan fingerprint density at radius 1 is 1.25 bits per heavy atom. The van der Waals surface area contributed by atoms with Crippen LogP contribution in [0, 0.1) is 17.5 Å². The van der Waals surface area contributed by atoms with Gasteiger partial charge in [-0.25, -0.2) is 13.2 Å². The van der Waals surface area contributed by atoms with Crippen molar-refractivity contribution in [1.29, 1.82) is 0 Å². The first-order valence-corrected chi connectivity index (χ1v) is 4.65. The Kier molecular flexibility index (Phi) is 3.76. The van der Waals surface area contributed by atoms with E-state index in [1.54, 1.807) is 13.8 Å². The number of guanidine groups is 1. The largest absolute Gasteiger partial charge is 0.370 e. The molecule has 0 unspecified atom stereocenters. The first kappa shape index (κ1) is 12.4. The molecule has 6 heteroatoms. The lowest BCUT2D eigenvalue weighted by Gasteiger charge is -2.08. The lowest BCUT2D eigenvalue weighted by Crippen LogP contribution is -2.24. The Balaban J connectivity index is 2.95. The Labute approximate surface area is 91.2 Å². The average Bonchev–Trinajstić information content (AvgIpc) is 2.18. The highest BCUT2D eigenvalue weighted by Crippen LogP contribution is 2.19. The van der Waals surface area contributed by atoms with Gasteiger partial charge >= 0.3 is 0 Å². The number of hydrogen-bond donors (Lipinski definition) is 2. The smallest absolute Gasteiger partial charge is 0.196 e. The molecule has 0 spiro atoms. The van der Waals surface area contributed by atoms with Crippen LogP contribution in [0.4, 0.5) is 18.9 Å². The van der Waals surface area contributed by atoms with E-state index in [9.17, 15) is 13.2 Å². The van der Waals surface area contributed by atoms with Gasteiger partial charge in [0.1, 0.15) is 0 Å². The molecule has 16 heavy (non-hydrogen) atoms. The van der Waals surface area contributed by atoms with Crippen molar-refractivity contribution < 1.29 is 13.2 Å². The van der Waals surface area contributed by atoms with Gasteiger partial charge in [-0.1, -0.05) is 0 Å². The summed E-state index contributed by atoms with van der Waals surface area (Å²) in [6.45, 7) is 3.55. The fourth-order valence-electron chi connectivity index (χ4n) is 1.07. The maximum absolute atomic E-state index is 13.2. The molecule has 3 nitrogen and oxygen atoms in total. The van der Waals surface area contributed by atoms with E-state index < -0.39 is 17.5 Å². The third-order valence-corrected chi connectivity index (χ3v) is 1.70. The van der Waals surface area contributed by atoms with Gasteiger partial charge in [-0.05, 0) is 26.0 Å². The summed E-state index contributed by atoms with van der Waals surface area (Å²) < 4.78 is 38.6. The normalized spacial score (nSPS) is 12.0. The van der Waals surface area contributed by atoms with Crippen molar-refractivity contribution >= 4 is 11.6 Å². The fraction of sp³-hybridized carbons (Fsp3) is 0.300. The molecule has 0 aromatic heterocycles. The number of nitrogens with zero attached hydrogens (tertiary/aromatic N) is 1. The third-order valence-electron chi connectivity index (χ3n) is 1.70. The number of halogens is 3. The molecule has 0 aliphatic heterocycles. The van der Waals surface area contributed by atoms with Crippen LogP contribution in [0.5, 0.6) is 0 Å². The summed E-state index contributed by atoms with van der Waals surface area (Å²) >= 11 is 0.